The fraction of sp³-hybridized carbons (Fsp3) is 0.269. The van der Waals surface area contributed by atoms with E-state index in [1.54, 1.807) is 30.2 Å². The molecule has 5 nitrogen and oxygen atoms in total. The van der Waals surface area contributed by atoms with Gasteiger partial charge in [-0.15, -0.1) is 0 Å². The Balaban J connectivity index is 1.77. The monoisotopic (exact) mass is 452 g/mol. The summed E-state index contributed by atoms with van der Waals surface area (Å²) in [6, 6.07) is 22.8. The largest absolute Gasteiger partial charge is 0.493 e. The third-order valence-corrected chi connectivity index (χ3v) is 5.50. The second-order valence-corrected chi connectivity index (χ2v) is 7.86. The number of carbonyl (C=O) groups excluding carboxylic acids is 1. The molecule has 0 heterocycles. The van der Waals surface area contributed by atoms with Crippen molar-refractivity contribution in [2.24, 2.45) is 5.73 Å². The molecule has 6 heteroatoms. The molecule has 168 valence electrons. The molecule has 1 amide bonds. The number of rotatable bonds is 11. The van der Waals surface area contributed by atoms with Gasteiger partial charge in [0.2, 0.25) is 0 Å². The van der Waals surface area contributed by atoms with Crippen molar-refractivity contribution >= 4 is 17.5 Å². The van der Waals surface area contributed by atoms with E-state index in [4.69, 9.17) is 26.8 Å². The Bertz CT molecular complexity index is 1010. The molecular formula is C26H29ClN2O3. The highest BCUT2D eigenvalue weighted by molar-refractivity contribution is 6.31. The van der Waals surface area contributed by atoms with E-state index in [1.807, 2.05) is 54.6 Å². The third kappa shape index (κ3) is 6.49. The molecule has 0 atom stereocenters. The highest BCUT2D eigenvalue weighted by Crippen LogP contribution is 2.30. The van der Waals surface area contributed by atoms with Gasteiger partial charge < -0.3 is 20.1 Å². The first-order chi connectivity index (χ1) is 15.6. The lowest BCUT2D eigenvalue weighted by Crippen LogP contribution is -2.32. The molecule has 0 saturated carbocycles. The summed E-state index contributed by atoms with van der Waals surface area (Å²) < 4.78 is 11.4. The van der Waals surface area contributed by atoms with E-state index in [2.05, 4.69) is 0 Å². The third-order valence-electron chi connectivity index (χ3n) is 5.14. The highest BCUT2D eigenvalue weighted by atomic mass is 35.5. The standard InChI is InChI=1S/C26H29ClN2O3/c1-31-25-17-21(13-14-24(25)32-19-20-9-3-2-4-10-20)26(30)29(16-8-7-15-28)18-22-11-5-6-12-23(22)27/h2-6,9-14,17H,7-8,15-16,18-19,28H2,1H3. The summed E-state index contributed by atoms with van der Waals surface area (Å²) in [5.74, 6) is 1.02. The smallest absolute Gasteiger partial charge is 0.254 e. The summed E-state index contributed by atoms with van der Waals surface area (Å²) in [4.78, 5) is 15.2. The number of benzene rings is 3. The Labute approximate surface area is 194 Å². The Morgan fingerprint density at radius 1 is 0.969 bits per heavy atom. The maximum absolute atomic E-state index is 13.4. The number of unbranched alkanes of at least 4 members (excludes halogenated alkanes) is 1. The van der Waals surface area contributed by atoms with Gasteiger partial charge in [-0.3, -0.25) is 4.79 Å². The molecule has 0 unspecified atom stereocenters. The summed E-state index contributed by atoms with van der Waals surface area (Å²) in [5, 5.41) is 0.645. The summed E-state index contributed by atoms with van der Waals surface area (Å²) in [6.45, 7) is 2.03. The summed E-state index contributed by atoms with van der Waals surface area (Å²) in [6.07, 6.45) is 1.67. The van der Waals surface area contributed by atoms with Crippen molar-refractivity contribution < 1.29 is 14.3 Å². The van der Waals surface area contributed by atoms with Gasteiger partial charge in [0.15, 0.2) is 11.5 Å². The van der Waals surface area contributed by atoms with Crippen molar-refractivity contribution in [3.8, 4) is 11.5 Å². The predicted molar refractivity (Wildman–Crippen MR) is 128 cm³/mol. The van der Waals surface area contributed by atoms with Crippen LogP contribution in [-0.2, 0) is 13.2 Å². The van der Waals surface area contributed by atoms with Crippen molar-refractivity contribution in [3.63, 3.8) is 0 Å². The van der Waals surface area contributed by atoms with Gasteiger partial charge in [-0.1, -0.05) is 60.1 Å². The van der Waals surface area contributed by atoms with Gasteiger partial charge in [0.25, 0.3) is 5.91 Å². The van der Waals surface area contributed by atoms with Crippen molar-refractivity contribution in [3.05, 3.63) is 94.5 Å². The molecule has 2 N–H and O–H groups in total. The lowest BCUT2D eigenvalue weighted by molar-refractivity contribution is 0.0740. The van der Waals surface area contributed by atoms with Gasteiger partial charge in [-0.2, -0.15) is 0 Å². The minimum atomic E-state index is -0.0881. The number of hydrogen-bond acceptors (Lipinski definition) is 4. The normalized spacial score (nSPS) is 10.6. The Hall–Kier alpha value is -3.02. The molecule has 0 aliphatic rings. The fourth-order valence-corrected chi connectivity index (χ4v) is 3.56. The van der Waals surface area contributed by atoms with Crippen LogP contribution in [0.4, 0.5) is 0 Å². The van der Waals surface area contributed by atoms with E-state index in [9.17, 15) is 4.79 Å². The molecule has 0 aromatic heterocycles. The van der Waals surface area contributed by atoms with Crippen LogP contribution in [0.2, 0.25) is 5.02 Å². The van der Waals surface area contributed by atoms with Gasteiger partial charge in [0, 0.05) is 23.7 Å². The number of carbonyl (C=O) groups is 1. The number of nitrogens with zero attached hydrogens (tertiary/aromatic N) is 1. The van der Waals surface area contributed by atoms with E-state index in [0.717, 1.165) is 24.0 Å². The van der Waals surface area contributed by atoms with Crippen LogP contribution in [0.1, 0.15) is 34.3 Å². The van der Waals surface area contributed by atoms with E-state index >= 15 is 0 Å². The van der Waals surface area contributed by atoms with E-state index in [1.165, 1.54) is 0 Å². The van der Waals surface area contributed by atoms with E-state index in [-0.39, 0.29) is 5.91 Å². The van der Waals surface area contributed by atoms with Crippen LogP contribution in [0.5, 0.6) is 11.5 Å². The van der Waals surface area contributed by atoms with Crippen LogP contribution in [0.3, 0.4) is 0 Å². The number of halogens is 1. The van der Waals surface area contributed by atoms with Crippen LogP contribution in [-0.4, -0.2) is 31.0 Å². The average molecular weight is 453 g/mol. The van der Waals surface area contributed by atoms with Crippen molar-refractivity contribution in [1.29, 1.82) is 0 Å². The first-order valence-corrected chi connectivity index (χ1v) is 11.1. The number of nitrogens with two attached hydrogens (primary N) is 1. The minimum absolute atomic E-state index is 0.0881. The summed E-state index contributed by atoms with van der Waals surface area (Å²) in [5.41, 5.74) is 8.15. The van der Waals surface area contributed by atoms with E-state index < -0.39 is 0 Å². The van der Waals surface area contributed by atoms with Crippen LogP contribution >= 0.6 is 11.6 Å². The summed E-state index contributed by atoms with van der Waals surface area (Å²) in [7, 11) is 1.57. The SMILES string of the molecule is COc1cc(C(=O)N(CCCCN)Cc2ccccc2Cl)ccc1OCc1ccccc1. The first-order valence-electron chi connectivity index (χ1n) is 10.7. The maximum Gasteiger partial charge on any atom is 0.254 e. The van der Waals surface area contributed by atoms with Crippen LogP contribution in [0.15, 0.2) is 72.8 Å². The average Bonchev–Trinajstić information content (AvgIpc) is 2.83. The summed E-state index contributed by atoms with van der Waals surface area (Å²) >= 11 is 6.34. The second kappa shape index (κ2) is 12.1. The lowest BCUT2D eigenvalue weighted by Gasteiger charge is -2.24. The van der Waals surface area contributed by atoms with Gasteiger partial charge in [-0.05, 0) is 54.8 Å². The number of methoxy groups -OCH3 is 1. The molecule has 32 heavy (non-hydrogen) atoms. The molecule has 3 aromatic carbocycles. The molecule has 0 bridgehead atoms. The van der Waals surface area contributed by atoms with Crippen LogP contribution < -0.4 is 15.2 Å². The number of ether oxygens (including phenoxy) is 2. The second-order valence-electron chi connectivity index (χ2n) is 7.45. The zero-order valence-corrected chi connectivity index (χ0v) is 19.1. The van der Waals surface area contributed by atoms with Crippen molar-refractivity contribution in [1.82, 2.24) is 4.90 Å². The molecule has 0 spiro atoms. The van der Waals surface area contributed by atoms with Gasteiger partial charge >= 0.3 is 0 Å². The molecule has 3 rings (SSSR count). The molecule has 0 radical (unpaired) electrons. The molecule has 0 aliphatic carbocycles. The van der Waals surface area contributed by atoms with Crippen molar-refractivity contribution in [2.45, 2.75) is 26.0 Å². The topological polar surface area (TPSA) is 64.8 Å². The van der Waals surface area contributed by atoms with Gasteiger partial charge in [-0.25, -0.2) is 0 Å². The Morgan fingerprint density at radius 3 is 2.44 bits per heavy atom. The van der Waals surface area contributed by atoms with E-state index in [0.29, 0.717) is 48.3 Å². The zero-order valence-electron chi connectivity index (χ0n) is 18.3. The van der Waals surface area contributed by atoms with Crippen molar-refractivity contribution in [2.75, 3.05) is 20.2 Å². The quantitative estimate of drug-likeness (QED) is 0.400. The highest BCUT2D eigenvalue weighted by Gasteiger charge is 2.19. The molecule has 0 fully saturated rings. The molecule has 3 aromatic rings. The van der Waals surface area contributed by atoms with Gasteiger partial charge in [0.1, 0.15) is 6.61 Å². The zero-order chi connectivity index (χ0) is 22.8. The Kier molecular flexibility index (Phi) is 8.96. The molecule has 0 saturated heterocycles. The van der Waals surface area contributed by atoms with Gasteiger partial charge in [0.05, 0.1) is 7.11 Å². The van der Waals surface area contributed by atoms with Crippen LogP contribution in [0, 0.1) is 0 Å². The van der Waals surface area contributed by atoms with Crippen LogP contribution in [0.25, 0.3) is 0 Å². The lowest BCUT2D eigenvalue weighted by atomic mass is 10.1. The maximum atomic E-state index is 13.4. The fourth-order valence-electron chi connectivity index (χ4n) is 3.37. The Morgan fingerprint density at radius 2 is 1.72 bits per heavy atom. The first kappa shape index (κ1) is 23.6. The molecular weight excluding hydrogens is 424 g/mol. The minimum Gasteiger partial charge on any atom is -0.493 e. The predicted octanol–water partition coefficient (Wildman–Crippen LogP) is 5.31. The molecule has 0 aliphatic heterocycles. The number of hydrogen-bond donors (Lipinski definition) is 1. The number of amides is 1.